The van der Waals surface area contributed by atoms with Crippen LogP contribution >= 0.6 is 0 Å². The van der Waals surface area contributed by atoms with Crippen molar-refractivity contribution in [3.63, 3.8) is 0 Å². The number of carbonyl (C=O) groups excluding carboxylic acids is 1. The minimum Gasteiger partial charge on any atom is -0.478 e. The number of hydrogen-bond acceptors (Lipinski definition) is 3. The second-order valence-electron chi connectivity index (χ2n) is 5.74. The number of aromatic carboxylic acids is 1. The molecular formula is C16H24N2O3. The lowest BCUT2D eigenvalue weighted by Gasteiger charge is -2.22. The van der Waals surface area contributed by atoms with Crippen LogP contribution in [0.3, 0.4) is 0 Å². The average Bonchev–Trinajstić information content (AvgIpc) is 2.45. The Morgan fingerprint density at radius 1 is 1.24 bits per heavy atom. The Morgan fingerprint density at radius 3 is 2.24 bits per heavy atom. The largest absolute Gasteiger partial charge is 0.478 e. The van der Waals surface area contributed by atoms with Crippen molar-refractivity contribution in [2.75, 3.05) is 18.5 Å². The molecule has 0 radical (unpaired) electrons. The van der Waals surface area contributed by atoms with Gasteiger partial charge in [-0.25, -0.2) is 4.79 Å². The Bertz CT molecular complexity index is 483. The number of benzene rings is 1. The number of carboxylic acid groups (broad SMARTS) is 1. The fourth-order valence-corrected chi connectivity index (χ4v) is 2.29. The molecule has 1 atom stereocenters. The normalized spacial score (nSPS) is 12.2. The minimum absolute atomic E-state index is 0.00539. The van der Waals surface area contributed by atoms with E-state index < -0.39 is 5.97 Å². The topological polar surface area (TPSA) is 83.6 Å². The number of nitrogens with zero attached hydrogens (tertiary/aromatic N) is 1. The fourth-order valence-electron chi connectivity index (χ4n) is 2.29. The summed E-state index contributed by atoms with van der Waals surface area (Å²) in [7, 11) is 1.70. The zero-order valence-electron chi connectivity index (χ0n) is 12.9. The Morgan fingerprint density at radius 2 is 1.81 bits per heavy atom. The molecule has 0 fully saturated rings. The lowest BCUT2D eigenvalue weighted by molar-refractivity contribution is -0.119. The number of hydrogen-bond donors (Lipinski definition) is 2. The van der Waals surface area contributed by atoms with Crippen molar-refractivity contribution >= 4 is 17.6 Å². The standard InChI is InChI=1S/C16H24N2O3/c1-11(2)8-12(10-17)9-15(19)18(3)14-6-4-13(5-7-14)16(20)21/h4-7,11-12H,8-10,17H2,1-3H3,(H,20,21). The van der Waals surface area contributed by atoms with Crippen LogP contribution in [0, 0.1) is 11.8 Å². The molecule has 0 saturated heterocycles. The van der Waals surface area contributed by atoms with E-state index in [1.54, 1.807) is 24.1 Å². The monoisotopic (exact) mass is 292 g/mol. The van der Waals surface area contributed by atoms with Gasteiger partial charge in [0.25, 0.3) is 0 Å². The molecule has 21 heavy (non-hydrogen) atoms. The summed E-state index contributed by atoms with van der Waals surface area (Å²) in [4.78, 5) is 24.6. The van der Waals surface area contributed by atoms with Gasteiger partial charge in [0.05, 0.1) is 5.56 Å². The van der Waals surface area contributed by atoms with Crippen LogP contribution in [0.25, 0.3) is 0 Å². The number of carboxylic acids is 1. The predicted molar refractivity (Wildman–Crippen MR) is 83.4 cm³/mol. The zero-order chi connectivity index (χ0) is 16.0. The molecule has 116 valence electrons. The van der Waals surface area contributed by atoms with Gasteiger partial charge in [-0.3, -0.25) is 4.79 Å². The van der Waals surface area contributed by atoms with E-state index in [2.05, 4.69) is 13.8 Å². The van der Waals surface area contributed by atoms with Gasteiger partial charge < -0.3 is 15.7 Å². The Balaban J connectivity index is 2.70. The molecule has 0 aliphatic rings. The highest BCUT2D eigenvalue weighted by atomic mass is 16.4. The first-order valence-corrected chi connectivity index (χ1v) is 7.15. The lowest BCUT2D eigenvalue weighted by atomic mass is 9.94. The maximum absolute atomic E-state index is 12.3. The van der Waals surface area contributed by atoms with E-state index in [0.717, 1.165) is 6.42 Å². The van der Waals surface area contributed by atoms with E-state index >= 15 is 0 Å². The molecule has 1 unspecified atom stereocenters. The number of carbonyl (C=O) groups is 2. The molecule has 0 aromatic heterocycles. The van der Waals surface area contributed by atoms with Crippen LogP contribution < -0.4 is 10.6 Å². The molecule has 0 saturated carbocycles. The third-order valence-corrected chi connectivity index (χ3v) is 3.48. The number of nitrogens with two attached hydrogens (primary N) is 1. The van der Waals surface area contributed by atoms with E-state index in [-0.39, 0.29) is 17.4 Å². The van der Waals surface area contributed by atoms with Crippen molar-refractivity contribution in [2.45, 2.75) is 26.7 Å². The van der Waals surface area contributed by atoms with Crippen LogP contribution in [0.2, 0.25) is 0 Å². The summed E-state index contributed by atoms with van der Waals surface area (Å²) in [5.74, 6) is -0.297. The summed E-state index contributed by atoms with van der Waals surface area (Å²) in [6.07, 6.45) is 1.33. The van der Waals surface area contributed by atoms with E-state index in [4.69, 9.17) is 10.8 Å². The molecular weight excluding hydrogens is 268 g/mol. The maximum Gasteiger partial charge on any atom is 0.335 e. The average molecular weight is 292 g/mol. The molecule has 0 aliphatic heterocycles. The van der Waals surface area contributed by atoms with Crippen molar-refractivity contribution in [1.82, 2.24) is 0 Å². The summed E-state index contributed by atoms with van der Waals surface area (Å²) in [5, 5.41) is 8.86. The zero-order valence-corrected chi connectivity index (χ0v) is 12.9. The van der Waals surface area contributed by atoms with E-state index in [1.165, 1.54) is 12.1 Å². The van der Waals surface area contributed by atoms with Gasteiger partial charge in [0.15, 0.2) is 0 Å². The van der Waals surface area contributed by atoms with Gasteiger partial charge >= 0.3 is 5.97 Å². The second kappa shape index (κ2) is 7.78. The molecule has 0 heterocycles. The van der Waals surface area contributed by atoms with Gasteiger partial charge in [-0.1, -0.05) is 13.8 Å². The fraction of sp³-hybridized carbons (Fsp3) is 0.500. The summed E-state index contributed by atoms with van der Waals surface area (Å²) in [6.45, 7) is 4.72. The summed E-state index contributed by atoms with van der Waals surface area (Å²) in [5.41, 5.74) is 6.62. The minimum atomic E-state index is -0.976. The summed E-state index contributed by atoms with van der Waals surface area (Å²) in [6, 6.07) is 6.27. The number of amides is 1. The molecule has 3 N–H and O–H groups in total. The van der Waals surface area contributed by atoms with Gasteiger partial charge in [0, 0.05) is 19.2 Å². The van der Waals surface area contributed by atoms with Gasteiger partial charge in [-0.2, -0.15) is 0 Å². The molecule has 5 nitrogen and oxygen atoms in total. The van der Waals surface area contributed by atoms with Crippen molar-refractivity contribution in [3.8, 4) is 0 Å². The second-order valence-corrected chi connectivity index (χ2v) is 5.74. The van der Waals surface area contributed by atoms with Crippen molar-refractivity contribution in [3.05, 3.63) is 29.8 Å². The van der Waals surface area contributed by atoms with E-state index in [1.807, 2.05) is 0 Å². The lowest BCUT2D eigenvalue weighted by Crippen LogP contribution is -2.30. The molecule has 1 rings (SSSR count). The van der Waals surface area contributed by atoms with Crippen LogP contribution in [0.15, 0.2) is 24.3 Å². The molecule has 0 spiro atoms. The smallest absolute Gasteiger partial charge is 0.335 e. The number of rotatable bonds is 7. The third kappa shape index (κ3) is 5.19. The van der Waals surface area contributed by atoms with Crippen LogP contribution in [0.1, 0.15) is 37.0 Å². The first-order valence-electron chi connectivity index (χ1n) is 7.15. The molecule has 1 aromatic rings. The Kier molecular flexibility index (Phi) is 6.37. The summed E-state index contributed by atoms with van der Waals surface area (Å²) < 4.78 is 0. The van der Waals surface area contributed by atoms with Crippen LogP contribution in [0.4, 0.5) is 5.69 Å². The Hall–Kier alpha value is -1.88. The van der Waals surface area contributed by atoms with E-state index in [9.17, 15) is 9.59 Å². The molecule has 1 aromatic carbocycles. The van der Waals surface area contributed by atoms with Gasteiger partial charge in [0.2, 0.25) is 5.91 Å². The van der Waals surface area contributed by atoms with Crippen LogP contribution in [-0.4, -0.2) is 30.6 Å². The first-order chi connectivity index (χ1) is 9.85. The Labute approximate surface area is 125 Å². The molecule has 0 bridgehead atoms. The SMILES string of the molecule is CC(C)CC(CN)CC(=O)N(C)c1ccc(C(=O)O)cc1. The highest BCUT2D eigenvalue weighted by Crippen LogP contribution is 2.19. The highest BCUT2D eigenvalue weighted by Gasteiger charge is 2.18. The third-order valence-electron chi connectivity index (χ3n) is 3.48. The van der Waals surface area contributed by atoms with Crippen molar-refractivity contribution in [2.24, 2.45) is 17.6 Å². The summed E-state index contributed by atoms with van der Waals surface area (Å²) >= 11 is 0. The molecule has 0 aliphatic carbocycles. The quantitative estimate of drug-likeness (QED) is 0.808. The highest BCUT2D eigenvalue weighted by molar-refractivity contribution is 5.94. The van der Waals surface area contributed by atoms with Gasteiger partial charge in [-0.15, -0.1) is 0 Å². The van der Waals surface area contributed by atoms with Crippen LogP contribution in [0.5, 0.6) is 0 Å². The van der Waals surface area contributed by atoms with Crippen molar-refractivity contribution < 1.29 is 14.7 Å². The first kappa shape index (κ1) is 17.2. The van der Waals surface area contributed by atoms with Gasteiger partial charge in [0.1, 0.15) is 0 Å². The number of anilines is 1. The van der Waals surface area contributed by atoms with E-state index in [0.29, 0.717) is 24.6 Å². The van der Waals surface area contributed by atoms with Crippen molar-refractivity contribution in [1.29, 1.82) is 0 Å². The molecule has 1 amide bonds. The maximum atomic E-state index is 12.3. The predicted octanol–water partition coefficient (Wildman–Crippen LogP) is 2.36. The molecule has 5 heteroatoms. The van der Waals surface area contributed by atoms with Crippen LogP contribution in [-0.2, 0) is 4.79 Å². The van der Waals surface area contributed by atoms with Gasteiger partial charge in [-0.05, 0) is 49.1 Å².